The van der Waals surface area contributed by atoms with E-state index in [2.05, 4.69) is 27.9 Å². The molecule has 0 bridgehead atoms. The highest BCUT2D eigenvalue weighted by molar-refractivity contribution is 14.1. The molecule has 19 heavy (non-hydrogen) atoms. The van der Waals surface area contributed by atoms with Crippen LogP contribution in [-0.4, -0.2) is 5.91 Å². The van der Waals surface area contributed by atoms with Gasteiger partial charge in [0.1, 0.15) is 0 Å². The molecule has 4 nitrogen and oxygen atoms in total. The first-order valence-corrected chi connectivity index (χ1v) is 6.85. The van der Waals surface area contributed by atoms with Crippen LogP contribution >= 0.6 is 34.2 Å². The molecular formula is C13H11ClIN3O. The Morgan fingerprint density at radius 2 is 1.95 bits per heavy atom. The number of nitrogens with two attached hydrogens (primary N) is 2. The van der Waals surface area contributed by atoms with Crippen molar-refractivity contribution < 1.29 is 4.79 Å². The standard InChI is InChI=1S/C13H11ClIN3O/c14-7-4-5-10(9(15)6-7)18-11-3-1-2-8(12(11)16)13(17)19/h1-6,18H,16H2,(H2,17,19). The van der Waals surface area contributed by atoms with Gasteiger partial charge >= 0.3 is 0 Å². The van der Waals surface area contributed by atoms with Crippen molar-refractivity contribution in [3.8, 4) is 0 Å². The third kappa shape index (κ3) is 3.10. The van der Waals surface area contributed by atoms with Gasteiger partial charge in [0.2, 0.25) is 0 Å². The van der Waals surface area contributed by atoms with Crippen LogP contribution in [0.2, 0.25) is 5.02 Å². The molecule has 1 amide bonds. The molecule has 2 aromatic rings. The van der Waals surface area contributed by atoms with E-state index in [9.17, 15) is 4.79 Å². The monoisotopic (exact) mass is 387 g/mol. The number of carbonyl (C=O) groups excluding carboxylic acids is 1. The molecule has 0 atom stereocenters. The quantitative estimate of drug-likeness (QED) is 0.558. The van der Waals surface area contributed by atoms with Crippen molar-refractivity contribution >= 4 is 57.2 Å². The van der Waals surface area contributed by atoms with E-state index < -0.39 is 5.91 Å². The van der Waals surface area contributed by atoms with E-state index in [-0.39, 0.29) is 0 Å². The highest BCUT2D eigenvalue weighted by Gasteiger charge is 2.10. The van der Waals surface area contributed by atoms with Crippen molar-refractivity contribution in [1.29, 1.82) is 0 Å². The molecule has 0 spiro atoms. The van der Waals surface area contributed by atoms with E-state index in [1.54, 1.807) is 24.3 Å². The molecule has 0 heterocycles. The van der Waals surface area contributed by atoms with Crippen LogP contribution < -0.4 is 16.8 Å². The van der Waals surface area contributed by atoms with Crippen LogP contribution in [-0.2, 0) is 0 Å². The number of hydrogen-bond donors (Lipinski definition) is 3. The van der Waals surface area contributed by atoms with Gasteiger partial charge in [0.25, 0.3) is 5.91 Å². The molecule has 6 heteroatoms. The predicted octanol–water partition coefficient (Wildman–Crippen LogP) is 3.37. The lowest BCUT2D eigenvalue weighted by Gasteiger charge is -2.13. The summed E-state index contributed by atoms with van der Waals surface area (Å²) in [7, 11) is 0. The largest absolute Gasteiger partial charge is 0.396 e. The van der Waals surface area contributed by atoms with E-state index in [0.29, 0.717) is 22.0 Å². The van der Waals surface area contributed by atoms with Gasteiger partial charge in [0.15, 0.2) is 0 Å². The summed E-state index contributed by atoms with van der Waals surface area (Å²) in [5, 5.41) is 3.82. The molecule has 2 aromatic carbocycles. The lowest BCUT2D eigenvalue weighted by atomic mass is 10.1. The summed E-state index contributed by atoms with van der Waals surface area (Å²) in [6, 6.07) is 10.6. The highest BCUT2D eigenvalue weighted by atomic mass is 127. The summed E-state index contributed by atoms with van der Waals surface area (Å²) in [5.74, 6) is -0.549. The molecule has 5 N–H and O–H groups in total. The predicted molar refractivity (Wildman–Crippen MR) is 86.8 cm³/mol. The zero-order chi connectivity index (χ0) is 14.0. The van der Waals surface area contributed by atoms with Gasteiger partial charge in [0, 0.05) is 8.59 Å². The molecule has 0 aliphatic carbocycles. The van der Waals surface area contributed by atoms with Crippen molar-refractivity contribution in [2.24, 2.45) is 5.73 Å². The van der Waals surface area contributed by atoms with E-state index in [4.69, 9.17) is 23.1 Å². The number of para-hydroxylation sites is 1. The number of hydrogen-bond acceptors (Lipinski definition) is 3. The Morgan fingerprint density at radius 1 is 1.21 bits per heavy atom. The summed E-state index contributed by atoms with van der Waals surface area (Å²) in [5.41, 5.74) is 13.3. The van der Waals surface area contributed by atoms with E-state index in [1.807, 2.05) is 12.1 Å². The average molecular weight is 388 g/mol. The molecule has 0 radical (unpaired) electrons. The van der Waals surface area contributed by atoms with Gasteiger partial charge in [-0.1, -0.05) is 17.7 Å². The molecule has 0 saturated carbocycles. The number of amides is 1. The molecule has 0 aliphatic heterocycles. The third-order valence-electron chi connectivity index (χ3n) is 2.57. The molecule has 0 aromatic heterocycles. The number of anilines is 3. The van der Waals surface area contributed by atoms with E-state index in [1.165, 1.54) is 0 Å². The lowest BCUT2D eigenvalue weighted by molar-refractivity contribution is 0.100. The number of nitrogen functional groups attached to an aromatic ring is 1. The van der Waals surface area contributed by atoms with Gasteiger partial charge in [-0.25, -0.2) is 0 Å². The second kappa shape index (κ2) is 5.66. The van der Waals surface area contributed by atoms with Crippen LogP contribution in [0, 0.1) is 3.57 Å². The Balaban J connectivity index is 2.38. The summed E-state index contributed by atoms with van der Waals surface area (Å²) in [6.07, 6.45) is 0. The minimum Gasteiger partial charge on any atom is -0.396 e. The fourth-order valence-corrected chi connectivity index (χ4v) is 2.63. The van der Waals surface area contributed by atoms with Crippen LogP contribution in [0.15, 0.2) is 36.4 Å². The van der Waals surface area contributed by atoms with Crippen molar-refractivity contribution in [3.63, 3.8) is 0 Å². The Hall–Kier alpha value is -1.47. The molecular weight excluding hydrogens is 377 g/mol. The number of nitrogens with one attached hydrogen (secondary N) is 1. The SMILES string of the molecule is NC(=O)c1cccc(Nc2ccc(Cl)cc2I)c1N. The van der Waals surface area contributed by atoms with Crippen molar-refractivity contribution in [2.75, 3.05) is 11.1 Å². The average Bonchev–Trinajstić information content (AvgIpc) is 2.34. The van der Waals surface area contributed by atoms with Crippen molar-refractivity contribution in [1.82, 2.24) is 0 Å². The summed E-state index contributed by atoms with van der Waals surface area (Å²) >= 11 is 8.07. The fraction of sp³-hybridized carbons (Fsp3) is 0. The van der Waals surface area contributed by atoms with Crippen LogP contribution in [0.3, 0.4) is 0 Å². The molecule has 0 aliphatic rings. The number of primary amides is 1. The second-order valence-corrected chi connectivity index (χ2v) is 5.48. The maximum Gasteiger partial charge on any atom is 0.250 e. The van der Waals surface area contributed by atoms with Gasteiger partial charge in [-0.15, -0.1) is 0 Å². The second-order valence-electron chi connectivity index (χ2n) is 3.88. The lowest BCUT2D eigenvalue weighted by Crippen LogP contribution is -2.14. The first-order valence-electron chi connectivity index (χ1n) is 5.39. The Labute approximate surface area is 129 Å². The van der Waals surface area contributed by atoms with Gasteiger partial charge in [-0.05, 0) is 52.9 Å². The molecule has 2 rings (SSSR count). The van der Waals surface area contributed by atoms with Crippen LogP contribution in [0.5, 0.6) is 0 Å². The highest BCUT2D eigenvalue weighted by Crippen LogP contribution is 2.29. The summed E-state index contributed by atoms with van der Waals surface area (Å²) in [4.78, 5) is 11.2. The van der Waals surface area contributed by atoms with Crippen LogP contribution in [0.1, 0.15) is 10.4 Å². The summed E-state index contributed by atoms with van der Waals surface area (Å²) in [6.45, 7) is 0. The number of carbonyl (C=O) groups is 1. The zero-order valence-corrected chi connectivity index (χ0v) is 12.7. The number of benzene rings is 2. The van der Waals surface area contributed by atoms with Gasteiger partial charge < -0.3 is 16.8 Å². The normalized spacial score (nSPS) is 10.2. The maximum absolute atomic E-state index is 11.2. The summed E-state index contributed by atoms with van der Waals surface area (Å²) < 4.78 is 0.953. The Morgan fingerprint density at radius 3 is 2.58 bits per heavy atom. The first-order chi connectivity index (χ1) is 8.99. The molecule has 0 fully saturated rings. The Kier molecular flexibility index (Phi) is 4.16. The Bertz CT molecular complexity index is 646. The fourth-order valence-electron chi connectivity index (χ4n) is 1.63. The van der Waals surface area contributed by atoms with Gasteiger partial charge in [-0.2, -0.15) is 0 Å². The van der Waals surface area contributed by atoms with Gasteiger partial charge in [0.05, 0.1) is 22.6 Å². The molecule has 0 unspecified atom stereocenters. The number of rotatable bonds is 3. The third-order valence-corrected chi connectivity index (χ3v) is 3.70. The first kappa shape index (κ1) is 14.0. The minimum absolute atomic E-state index is 0.300. The maximum atomic E-state index is 11.2. The van der Waals surface area contributed by atoms with Crippen molar-refractivity contribution in [2.45, 2.75) is 0 Å². The van der Waals surface area contributed by atoms with E-state index >= 15 is 0 Å². The van der Waals surface area contributed by atoms with Crippen LogP contribution in [0.25, 0.3) is 0 Å². The minimum atomic E-state index is -0.549. The van der Waals surface area contributed by atoms with E-state index in [0.717, 1.165) is 9.26 Å². The smallest absolute Gasteiger partial charge is 0.250 e. The molecule has 0 saturated heterocycles. The zero-order valence-electron chi connectivity index (χ0n) is 9.78. The topological polar surface area (TPSA) is 81.1 Å². The van der Waals surface area contributed by atoms with Crippen LogP contribution in [0.4, 0.5) is 17.1 Å². The van der Waals surface area contributed by atoms with Gasteiger partial charge in [-0.3, -0.25) is 4.79 Å². The van der Waals surface area contributed by atoms with Crippen molar-refractivity contribution in [3.05, 3.63) is 50.6 Å². The molecule has 98 valence electrons. The number of halogens is 2.